The first-order valence-electron chi connectivity index (χ1n) is 7.95. The molecule has 3 rings (SSSR count). The lowest BCUT2D eigenvalue weighted by atomic mass is 10.1. The van der Waals surface area contributed by atoms with Gasteiger partial charge in [0.15, 0.2) is 0 Å². The molecule has 0 radical (unpaired) electrons. The lowest BCUT2D eigenvalue weighted by Gasteiger charge is -2.28. The third-order valence-electron chi connectivity index (χ3n) is 4.40. The first-order chi connectivity index (χ1) is 11.9. The van der Waals surface area contributed by atoms with E-state index in [1.165, 1.54) is 22.8 Å². The number of amides is 2. The highest BCUT2D eigenvalue weighted by molar-refractivity contribution is 6.02. The van der Waals surface area contributed by atoms with Crippen LogP contribution in [0.15, 0.2) is 42.5 Å². The van der Waals surface area contributed by atoms with Gasteiger partial charge in [-0.1, -0.05) is 24.3 Å². The Labute approximate surface area is 144 Å². The van der Waals surface area contributed by atoms with Crippen LogP contribution in [0, 0.1) is 11.6 Å². The predicted octanol–water partition coefficient (Wildman–Crippen LogP) is 2.90. The summed E-state index contributed by atoms with van der Waals surface area (Å²) in [5, 5.41) is 0. The van der Waals surface area contributed by atoms with E-state index < -0.39 is 17.7 Å². The number of fused-ring (bicyclic) bond motifs is 1. The molecule has 1 aliphatic heterocycles. The van der Waals surface area contributed by atoms with Gasteiger partial charge in [0.05, 0.1) is 0 Å². The van der Waals surface area contributed by atoms with E-state index in [1.807, 2.05) is 24.3 Å². The fourth-order valence-electron chi connectivity index (χ4n) is 3.21. The third kappa shape index (κ3) is 3.24. The lowest BCUT2D eigenvalue weighted by Crippen LogP contribution is -2.47. The Bertz CT molecular complexity index is 838. The molecule has 1 heterocycles. The largest absolute Gasteiger partial charge is 0.340 e. The number of anilines is 1. The number of likely N-dealkylation sites (N-methyl/N-ethyl adjacent to an activating group) is 1. The van der Waals surface area contributed by atoms with Crippen molar-refractivity contribution >= 4 is 17.5 Å². The number of rotatable bonds is 3. The van der Waals surface area contributed by atoms with Crippen LogP contribution < -0.4 is 4.90 Å². The highest BCUT2D eigenvalue weighted by Gasteiger charge is 2.38. The molecule has 25 heavy (non-hydrogen) atoms. The first kappa shape index (κ1) is 17.1. The molecule has 2 aromatic rings. The molecule has 0 saturated carbocycles. The van der Waals surface area contributed by atoms with E-state index in [-0.39, 0.29) is 23.9 Å². The molecule has 0 bridgehead atoms. The summed E-state index contributed by atoms with van der Waals surface area (Å²) < 4.78 is 26.8. The second kappa shape index (κ2) is 6.63. The minimum absolute atomic E-state index is 0.00351. The van der Waals surface area contributed by atoms with E-state index in [4.69, 9.17) is 0 Å². The Hall–Kier alpha value is -2.76. The molecular weight excluding hydrogens is 326 g/mol. The van der Waals surface area contributed by atoms with Crippen LogP contribution in [0.5, 0.6) is 0 Å². The molecule has 0 saturated heterocycles. The monoisotopic (exact) mass is 344 g/mol. The van der Waals surface area contributed by atoms with Gasteiger partial charge in [-0.3, -0.25) is 14.5 Å². The van der Waals surface area contributed by atoms with E-state index in [0.717, 1.165) is 23.4 Å². The molecule has 1 aliphatic rings. The van der Waals surface area contributed by atoms with Crippen molar-refractivity contribution in [2.24, 2.45) is 0 Å². The molecule has 0 N–H and O–H groups in total. The zero-order chi connectivity index (χ0) is 18.1. The van der Waals surface area contributed by atoms with Crippen molar-refractivity contribution in [1.29, 1.82) is 0 Å². The Kier molecular flexibility index (Phi) is 4.53. The molecule has 1 atom stereocenters. The average Bonchev–Trinajstić information content (AvgIpc) is 2.96. The van der Waals surface area contributed by atoms with Gasteiger partial charge in [0.2, 0.25) is 11.8 Å². The van der Waals surface area contributed by atoms with Gasteiger partial charge in [-0.15, -0.1) is 0 Å². The highest BCUT2D eigenvalue weighted by atomic mass is 19.1. The molecule has 2 aromatic carbocycles. The summed E-state index contributed by atoms with van der Waals surface area (Å²) in [4.78, 5) is 27.7. The molecule has 0 aliphatic carbocycles. The summed E-state index contributed by atoms with van der Waals surface area (Å²) in [6, 6.07) is 10.00. The number of halogens is 2. The number of hydrogen-bond acceptors (Lipinski definition) is 2. The highest BCUT2D eigenvalue weighted by Crippen LogP contribution is 2.33. The quantitative estimate of drug-likeness (QED) is 0.859. The van der Waals surface area contributed by atoms with Crippen LogP contribution in [0.25, 0.3) is 0 Å². The smallest absolute Gasteiger partial charge is 0.246 e. The van der Waals surface area contributed by atoms with Gasteiger partial charge in [0, 0.05) is 44.3 Å². The van der Waals surface area contributed by atoms with Crippen LogP contribution in [0.4, 0.5) is 14.5 Å². The van der Waals surface area contributed by atoms with Gasteiger partial charge in [0.25, 0.3) is 0 Å². The van der Waals surface area contributed by atoms with Gasteiger partial charge in [-0.25, -0.2) is 8.78 Å². The molecule has 0 fully saturated rings. The Balaban J connectivity index is 1.81. The SMILES string of the molecule is CC(=O)N1c2ccccc2C[C@H]1C(=O)N(C)Cc1ccc(F)cc1F. The van der Waals surface area contributed by atoms with Crippen LogP contribution in [0.2, 0.25) is 0 Å². The van der Waals surface area contributed by atoms with Crippen molar-refractivity contribution in [2.45, 2.75) is 25.9 Å². The third-order valence-corrected chi connectivity index (χ3v) is 4.40. The number of hydrogen-bond donors (Lipinski definition) is 0. The molecular formula is C19H18F2N2O2. The van der Waals surface area contributed by atoms with Crippen LogP contribution in [0.1, 0.15) is 18.1 Å². The zero-order valence-corrected chi connectivity index (χ0v) is 14.0. The topological polar surface area (TPSA) is 40.6 Å². The van der Waals surface area contributed by atoms with Gasteiger partial charge in [0.1, 0.15) is 17.7 Å². The minimum Gasteiger partial charge on any atom is -0.340 e. The van der Waals surface area contributed by atoms with E-state index in [9.17, 15) is 18.4 Å². The first-order valence-corrected chi connectivity index (χ1v) is 7.95. The summed E-state index contributed by atoms with van der Waals surface area (Å²) in [5.41, 5.74) is 1.88. The Morgan fingerprint density at radius 3 is 2.60 bits per heavy atom. The lowest BCUT2D eigenvalue weighted by molar-refractivity contribution is -0.133. The maximum atomic E-state index is 13.8. The van der Waals surface area contributed by atoms with Crippen LogP contribution in [0.3, 0.4) is 0 Å². The van der Waals surface area contributed by atoms with E-state index in [2.05, 4.69) is 0 Å². The number of carbonyl (C=O) groups is 2. The molecule has 6 heteroatoms. The molecule has 4 nitrogen and oxygen atoms in total. The van der Waals surface area contributed by atoms with Gasteiger partial charge < -0.3 is 4.90 Å². The van der Waals surface area contributed by atoms with Crippen molar-refractivity contribution in [1.82, 2.24) is 4.90 Å². The van der Waals surface area contributed by atoms with Gasteiger partial charge in [-0.05, 0) is 17.7 Å². The normalized spacial score (nSPS) is 15.8. The van der Waals surface area contributed by atoms with Crippen LogP contribution >= 0.6 is 0 Å². The standard InChI is InChI=1S/C19H18F2N2O2/c1-12(24)23-17-6-4-3-5-13(17)9-18(23)19(25)22(2)11-14-7-8-15(20)10-16(14)21/h3-8,10,18H,9,11H2,1-2H3/t18-/m0/s1. The number of para-hydroxylation sites is 1. The zero-order valence-electron chi connectivity index (χ0n) is 14.0. The summed E-state index contributed by atoms with van der Waals surface area (Å²) >= 11 is 0. The van der Waals surface area contributed by atoms with E-state index >= 15 is 0 Å². The fourth-order valence-corrected chi connectivity index (χ4v) is 3.21. The summed E-state index contributed by atoms with van der Waals surface area (Å²) in [6.07, 6.45) is 0.421. The average molecular weight is 344 g/mol. The maximum absolute atomic E-state index is 13.8. The van der Waals surface area contributed by atoms with Crippen molar-refractivity contribution in [2.75, 3.05) is 11.9 Å². The predicted molar refractivity (Wildman–Crippen MR) is 89.9 cm³/mol. The van der Waals surface area contributed by atoms with Crippen LogP contribution in [-0.2, 0) is 22.6 Å². The second-order valence-electron chi connectivity index (χ2n) is 6.17. The van der Waals surface area contributed by atoms with E-state index in [1.54, 1.807) is 7.05 Å². The Morgan fingerprint density at radius 2 is 1.92 bits per heavy atom. The van der Waals surface area contributed by atoms with Crippen molar-refractivity contribution in [3.63, 3.8) is 0 Å². The molecule has 0 spiro atoms. The summed E-state index contributed by atoms with van der Waals surface area (Å²) in [7, 11) is 1.55. The van der Waals surface area contributed by atoms with Crippen molar-refractivity contribution < 1.29 is 18.4 Å². The molecule has 0 aromatic heterocycles. The van der Waals surface area contributed by atoms with Crippen molar-refractivity contribution in [3.8, 4) is 0 Å². The van der Waals surface area contributed by atoms with Crippen molar-refractivity contribution in [3.05, 3.63) is 65.2 Å². The van der Waals surface area contributed by atoms with Gasteiger partial charge >= 0.3 is 0 Å². The number of nitrogens with zero attached hydrogens (tertiary/aromatic N) is 2. The van der Waals surface area contributed by atoms with Crippen LogP contribution in [-0.4, -0.2) is 29.8 Å². The second-order valence-corrected chi connectivity index (χ2v) is 6.17. The maximum Gasteiger partial charge on any atom is 0.246 e. The Morgan fingerprint density at radius 1 is 1.20 bits per heavy atom. The number of carbonyl (C=O) groups excluding carboxylic acids is 2. The summed E-state index contributed by atoms with van der Waals surface area (Å²) in [5.74, 6) is -1.86. The molecule has 130 valence electrons. The number of benzene rings is 2. The molecule has 0 unspecified atom stereocenters. The fraction of sp³-hybridized carbons (Fsp3) is 0.263. The van der Waals surface area contributed by atoms with Gasteiger partial charge in [-0.2, -0.15) is 0 Å². The minimum atomic E-state index is -0.696. The summed E-state index contributed by atoms with van der Waals surface area (Å²) in [6.45, 7) is 1.42. The molecule has 2 amide bonds. The van der Waals surface area contributed by atoms with E-state index in [0.29, 0.717) is 6.42 Å².